The Bertz CT molecular complexity index is 643. The van der Waals surface area contributed by atoms with E-state index in [2.05, 4.69) is 27.1 Å². The van der Waals surface area contributed by atoms with E-state index in [0.29, 0.717) is 26.2 Å². The minimum atomic E-state index is -0.310. The molecular formula is C18H26N4O3. The number of aryl methyl sites for hydroxylation is 2. The first-order chi connectivity index (χ1) is 12.0. The molecule has 3 unspecified atom stereocenters. The van der Waals surface area contributed by atoms with Gasteiger partial charge in [0, 0.05) is 32.4 Å². The summed E-state index contributed by atoms with van der Waals surface area (Å²) in [7, 11) is 1.65. The number of hydrogen-bond acceptors (Lipinski definition) is 5. The zero-order valence-electron chi connectivity index (χ0n) is 15.0. The predicted molar refractivity (Wildman–Crippen MR) is 94.9 cm³/mol. The minimum absolute atomic E-state index is 0.0451. The first kappa shape index (κ1) is 17.8. The van der Waals surface area contributed by atoms with Gasteiger partial charge >= 0.3 is 0 Å². The average molecular weight is 346 g/mol. The molecule has 0 radical (unpaired) electrons. The number of anilines is 1. The number of carbonyl (C=O) groups excluding carboxylic acids is 2. The number of nitrogens with one attached hydrogen (secondary N) is 3. The van der Waals surface area contributed by atoms with Crippen molar-refractivity contribution in [2.24, 2.45) is 11.8 Å². The van der Waals surface area contributed by atoms with E-state index in [1.807, 2.05) is 26.0 Å². The Hall–Kier alpha value is -1.96. The Morgan fingerprint density at radius 2 is 2.00 bits per heavy atom. The van der Waals surface area contributed by atoms with Crippen LogP contribution in [-0.4, -0.2) is 56.1 Å². The lowest BCUT2D eigenvalue weighted by Gasteiger charge is -2.38. The number of hydrogen-bond donors (Lipinski definition) is 3. The number of piperidine rings is 1. The van der Waals surface area contributed by atoms with Crippen LogP contribution in [0.1, 0.15) is 11.1 Å². The molecule has 1 aromatic carbocycles. The maximum absolute atomic E-state index is 12.9. The third-order valence-electron chi connectivity index (χ3n) is 4.91. The normalized spacial score (nSPS) is 26.2. The number of hydrazine groups is 1. The fourth-order valence-corrected chi connectivity index (χ4v) is 3.76. The molecule has 0 saturated carbocycles. The van der Waals surface area contributed by atoms with Crippen molar-refractivity contribution >= 4 is 17.5 Å². The van der Waals surface area contributed by atoms with Gasteiger partial charge in [-0.2, -0.15) is 0 Å². The van der Waals surface area contributed by atoms with Crippen LogP contribution in [0.15, 0.2) is 18.2 Å². The summed E-state index contributed by atoms with van der Waals surface area (Å²) in [6.07, 6.45) is 0. The van der Waals surface area contributed by atoms with Crippen LogP contribution in [0.5, 0.6) is 0 Å². The molecule has 2 heterocycles. The van der Waals surface area contributed by atoms with Gasteiger partial charge in [-0.05, 0) is 37.1 Å². The molecule has 2 fully saturated rings. The first-order valence-electron chi connectivity index (χ1n) is 8.64. The molecule has 7 heteroatoms. The molecule has 3 N–H and O–H groups in total. The van der Waals surface area contributed by atoms with Crippen LogP contribution in [0.4, 0.5) is 5.69 Å². The van der Waals surface area contributed by atoms with E-state index >= 15 is 0 Å². The van der Waals surface area contributed by atoms with Gasteiger partial charge in [-0.1, -0.05) is 6.07 Å². The fraction of sp³-hybridized carbons (Fsp3) is 0.556. The molecule has 25 heavy (non-hydrogen) atoms. The van der Waals surface area contributed by atoms with Crippen molar-refractivity contribution in [2.45, 2.75) is 19.9 Å². The number of amides is 2. The quantitative estimate of drug-likeness (QED) is 0.721. The summed E-state index contributed by atoms with van der Waals surface area (Å²) in [5, 5.41) is 3.02. The van der Waals surface area contributed by atoms with Gasteiger partial charge < -0.3 is 10.1 Å². The van der Waals surface area contributed by atoms with Crippen molar-refractivity contribution < 1.29 is 14.3 Å². The summed E-state index contributed by atoms with van der Waals surface area (Å²) in [6.45, 7) is 6.54. The lowest BCUT2D eigenvalue weighted by atomic mass is 9.84. The van der Waals surface area contributed by atoms with Crippen molar-refractivity contribution in [3.63, 3.8) is 0 Å². The second kappa shape index (κ2) is 7.51. The van der Waals surface area contributed by atoms with Crippen LogP contribution in [0.25, 0.3) is 0 Å². The fourth-order valence-electron chi connectivity index (χ4n) is 3.76. The summed E-state index contributed by atoms with van der Waals surface area (Å²) in [5.74, 6) is -0.640. The second-order valence-corrected chi connectivity index (χ2v) is 6.99. The Kier molecular flexibility index (Phi) is 5.36. The van der Waals surface area contributed by atoms with Gasteiger partial charge in [0.15, 0.2) is 0 Å². The third kappa shape index (κ3) is 4.00. The number of methoxy groups -OCH3 is 1. The van der Waals surface area contributed by atoms with Gasteiger partial charge in [-0.3, -0.25) is 19.9 Å². The van der Waals surface area contributed by atoms with E-state index < -0.39 is 0 Å². The van der Waals surface area contributed by atoms with Gasteiger partial charge in [-0.25, -0.2) is 5.43 Å². The third-order valence-corrected chi connectivity index (χ3v) is 4.91. The predicted octanol–water partition coefficient (Wildman–Crippen LogP) is 0.439. The minimum Gasteiger partial charge on any atom is -0.383 e. The Balaban J connectivity index is 1.75. The summed E-state index contributed by atoms with van der Waals surface area (Å²) in [4.78, 5) is 27.1. The highest BCUT2D eigenvalue weighted by molar-refractivity contribution is 5.94. The highest BCUT2D eigenvalue weighted by Gasteiger charge is 2.47. The average Bonchev–Trinajstić information content (AvgIpc) is 2.92. The molecule has 0 aliphatic carbocycles. The van der Waals surface area contributed by atoms with E-state index in [9.17, 15) is 9.59 Å². The van der Waals surface area contributed by atoms with Crippen molar-refractivity contribution in [1.82, 2.24) is 15.8 Å². The number of rotatable bonds is 5. The number of carbonyl (C=O) groups is 2. The number of benzene rings is 1. The van der Waals surface area contributed by atoms with Gasteiger partial charge in [0.2, 0.25) is 11.8 Å². The summed E-state index contributed by atoms with van der Waals surface area (Å²) < 4.78 is 5.14. The molecule has 1 aromatic rings. The maximum Gasteiger partial charge on any atom is 0.240 e. The van der Waals surface area contributed by atoms with Crippen molar-refractivity contribution in [3.05, 3.63) is 29.3 Å². The molecule has 2 saturated heterocycles. The Morgan fingerprint density at radius 3 is 2.68 bits per heavy atom. The molecule has 136 valence electrons. The van der Waals surface area contributed by atoms with Crippen LogP contribution in [0.3, 0.4) is 0 Å². The van der Waals surface area contributed by atoms with Crippen LogP contribution in [0.2, 0.25) is 0 Å². The summed E-state index contributed by atoms with van der Waals surface area (Å²) >= 11 is 0. The van der Waals surface area contributed by atoms with E-state index in [-0.39, 0.29) is 29.7 Å². The Morgan fingerprint density at radius 1 is 1.28 bits per heavy atom. The summed E-state index contributed by atoms with van der Waals surface area (Å²) in [6, 6.07) is 5.80. The SMILES string of the molecule is COCCN1CC2C(=O)NNC2C(C(=O)Nc2cc(C)cc(C)c2)C1. The van der Waals surface area contributed by atoms with Crippen LogP contribution >= 0.6 is 0 Å². The highest BCUT2D eigenvalue weighted by Crippen LogP contribution is 2.27. The number of nitrogens with zero attached hydrogens (tertiary/aromatic N) is 1. The number of likely N-dealkylation sites (tertiary alicyclic amines) is 1. The molecule has 0 aromatic heterocycles. The molecule has 2 aliphatic heterocycles. The highest BCUT2D eigenvalue weighted by atomic mass is 16.5. The van der Waals surface area contributed by atoms with Gasteiger partial charge in [0.05, 0.1) is 24.5 Å². The molecule has 7 nitrogen and oxygen atoms in total. The van der Waals surface area contributed by atoms with Gasteiger partial charge in [0.1, 0.15) is 0 Å². The zero-order valence-corrected chi connectivity index (χ0v) is 15.0. The van der Waals surface area contributed by atoms with E-state index in [1.165, 1.54) is 0 Å². The molecular weight excluding hydrogens is 320 g/mol. The lowest BCUT2D eigenvalue weighted by Crippen LogP contribution is -2.56. The topological polar surface area (TPSA) is 82.7 Å². The molecule has 3 rings (SSSR count). The smallest absolute Gasteiger partial charge is 0.240 e. The lowest BCUT2D eigenvalue weighted by molar-refractivity contribution is -0.127. The Labute approximate surface area is 148 Å². The van der Waals surface area contributed by atoms with Gasteiger partial charge in [-0.15, -0.1) is 0 Å². The molecule has 2 amide bonds. The number of fused-ring (bicyclic) bond motifs is 1. The summed E-state index contributed by atoms with van der Waals surface area (Å²) in [5.41, 5.74) is 8.69. The first-order valence-corrected chi connectivity index (χ1v) is 8.64. The van der Waals surface area contributed by atoms with E-state index in [1.54, 1.807) is 7.11 Å². The van der Waals surface area contributed by atoms with Crippen LogP contribution in [0, 0.1) is 25.7 Å². The monoisotopic (exact) mass is 346 g/mol. The van der Waals surface area contributed by atoms with Crippen LogP contribution in [-0.2, 0) is 14.3 Å². The van der Waals surface area contributed by atoms with Gasteiger partial charge in [0.25, 0.3) is 0 Å². The molecule has 0 spiro atoms. The second-order valence-electron chi connectivity index (χ2n) is 6.99. The van der Waals surface area contributed by atoms with E-state index in [0.717, 1.165) is 16.8 Å². The largest absolute Gasteiger partial charge is 0.383 e. The molecule has 2 aliphatic rings. The zero-order chi connectivity index (χ0) is 18.0. The number of ether oxygens (including phenoxy) is 1. The molecule has 0 bridgehead atoms. The maximum atomic E-state index is 12.9. The van der Waals surface area contributed by atoms with Crippen LogP contribution < -0.4 is 16.2 Å². The van der Waals surface area contributed by atoms with E-state index in [4.69, 9.17) is 4.74 Å². The van der Waals surface area contributed by atoms with Crippen molar-refractivity contribution in [3.8, 4) is 0 Å². The standard InChI is InChI=1S/C18H26N4O3/c1-11-6-12(2)8-13(7-11)19-17(23)14-9-22(4-5-25-3)10-15-16(14)20-21-18(15)24/h6-8,14-16,20H,4-5,9-10H2,1-3H3,(H,19,23)(H,21,24). The van der Waals surface area contributed by atoms with Crippen molar-refractivity contribution in [1.29, 1.82) is 0 Å². The van der Waals surface area contributed by atoms with Crippen molar-refractivity contribution in [2.75, 3.05) is 38.7 Å². The molecule has 3 atom stereocenters.